The number of hydrogen-bond acceptors (Lipinski definition) is 2. The normalized spacial score (nSPS) is 23.3. The van der Waals surface area contributed by atoms with E-state index in [2.05, 4.69) is 6.92 Å². The van der Waals surface area contributed by atoms with Crippen molar-refractivity contribution < 1.29 is 14.3 Å². The number of halogens is 1. The summed E-state index contributed by atoms with van der Waals surface area (Å²) in [7, 11) is 0. The van der Waals surface area contributed by atoms with Crippen LogP contribution in [0, 0.1) is 11.7 Å². The molecule has 0 heterocycles. The van der Waals surface area contributed by atoms with Crippen molar-refractivity contribution >= 4 is 17.7 Å². The molecular formula is C15H19FO2S. The summed E-state index contributed by atoms with van der Waals surface area (Å²) in [5, 5.41) is 9.48. The van der Waals surface area contributed by atoms with E-state index in [1.54, 1.807) is 23.9 Å². The SMILES string of the molecule is CC1CCCC(SCc2cccc(C(=O)O)c2F)C1. The van der Waals surface area contributed by atoms with Crippen molar-refractivity contribution in [3.63, 3.8) is 0 Å². The van der Waals surface area contributed by atoms with Crippen molar-refractivity contribution in [3.05, 3.63) is 35.1 Å². The summed E-state index contributed by atoms with van der Waals surface area (Å²) in [6, 6.07) is 4.61. The minimum Gasteiger partial charge on any atom is -0.478 e. The van der Waals surface area contributed by atoms with Gasteiger partial charge in [-0.15, -0.1) is 0 Å². The minimum atomic E-state index is -1.20. The van der Waals surface area contributed by atoms with E-state index in [1.807, 2.05) is 0 Å². The van der Waals surface area contributed by atoms with Gasteiger partial charge in [0.05, 0.1) is 5.56 Å². The highest BCUT2D eigenvalue weighted by Gasteiger charge is 2.20. The number of rotatable bonds is 4. The van der Waals surface area contributed by atoms with E-state index >= 15 is 0 Å². The van der Waals surface area contributed by atoms with Crippen LogP contribution in [0.1, 0.15) is 48.5 Å². The molecule has 0 amide bonds. The molecule has 0 bridgehead atoms. The summed E-state index contributed by atoms with van der Waals surface area (Å²) in [6.45, 7) is 2.26. The second-order valence-corrected chi connectivity index (χ2v) is 6.58. The lowest BCUT2D eigenvalue weighted by Crippen LogP contribution is -2.15. The summed E-state index contributed by atoms with van der Waals surface area (Å²) in [4.78, 5) is 10.9. The molecule has 0 aromatic heterocycles. The zero-order valence-electron chi connectivity index (χ0n) is 11.1. The number of thioether (sulfide) groups is 1. The first-order valence-corrected chi connectivity index (χ1v) is 7.75. The Hall–Kier alpha value is -1.03. The molecule has 1 saturated carbocycles. The lowest BCUT2D eigenvalue weighted by Gasteiger charge is -2.26. The van der Waals surface area contributed by atoms with E-state index in [-0.39, 0.29) is 5.56 Å². The van der Waals surface area contributed by atoms with Gasteiger partial charge in [-0.05, 0) is 30.4 Å². The molecule has 19 heavy (non-hydrogen) atoms. The van der Waals surface area contributed by atoms with Crippen molar-refractivity contribution in [2.75, 3.05) is 0 Å². The molecular weight excluding hydrogens is 263 g/mol. The van der Waals surface area contributed by atoms with Gasteiger partial charge in [-0.25, -0.2) is 9.18 Å². The largest absolute Gasteiger partial charge is 0.478 e. The molecule has 0 aliphatic heterocycles. The van der Waals surface area contributed by atoms with Crippen molar-refractivity contribution in [3.8, 4) is 0 Å². The molecule has 0 spiro atoms. The molecule has 1 fully saturated rings. The summed E-state index contributed by atoms with van der Waals surface area (Å²) in [5.74, 6) is -0.465. The van der Waals surface area contributed by atoms with Crippen LogP contribution in [-0.2, 0) is 5.75 Å². The van der Waals surface area contributed by atoms with Crippen molar-refractivity contribution in [1.29, 1.82) is 0 Å². The Kier molecular flexibility index (Phi) is 4.86. The van der Waals surface area contributed by atoms with Crippen molar-refractivity contribution in [2.24, 2.45) is 5.92 Å². The summed E-state index contributed by atoms with van der Waals surface area (Å²) in [5.41, 5.74) is 0.276. The lowest BCUT2D eigenvalue weighted by molar-refractivity contribution is 0.0691. The number of carboxylic acids is 1. The second kappa shape index (κ2) is 6.42. The Morgan fingerprint density at radius 3 is 2.95 bits per heavy atom. The van der Waals surface area contributed by atoms with Crippen LogP contribution < -0.4 is 0 Å². The fraction of sp³-hybridized carbons (Fsp3) is 0.533. The molecule has 2 nitrogen and oxygen atoms in total. The molecule has 2 atom stereocenters. The topological polar surface area (TPSA) is 37.3 Å². The van der Waals surface area contributed by atoms with Crippen LogP contribution in [0.25, 0.3) is 0 Å². The molecule has 1 aromatic rings. The molecule has 104 valence electrons. The average Bonchev–Trinajstić information content (AvgIpc) is 2.37. The Morgan fingerprint density at radius 1 is 1.47 bits per heavy atom. The maximum atomic E-state index is 14.0. The quantitative estimate of drug-likeness (QED) is 0.892. The van der Waals surface area contributed by atoms with E-state index in [9.17, 15) is 9.18 Å². The Bertz CT molecular complexity index is 461. The predicted molar refractivity (Wildman–Crippen MR) is 76.1 cm³/mol. The number of hydrogen-bond donors (Lipinski definition) is 1. The predicted octanol–water partition coefficient (Wildman–Crippen LogP) is 4.34. The lowest BCUT2D eigenvalue weighted by atomic mass is 9.91. The smallest absolute Gasteiger partial charge is 0.338 e. The zero-order chi connectivity index (χ0) is 13.8. The summed E-state index contributed by atoms with van der Waals surface area (Å²) >= 11 is 1.76. The molecule has 1 aromatic carbocycles. The van der Waals surface area contributed by atoms with Gasteiger partial charge in [-0.1, -0.05) is 31.9 Å². The molecule has 2 rings (SSSR count). The molecule has 1 aliphatic rings. The van der Waals surface area contributed by atoms with Crippen LogP contribution >= 0.6 is 11.8 Å². The number of carbonyl (C=O) groups is 1. The molecule has 0 radical (unpaired) electrons. The molecule has 1 aliphatic carbocycles. The van der Waals surface area contributed by atoms with Gasteiger partial charge in [0.25, 0.3) is 0 Å². The Labute approximate surface area is 117 Å². The van der Waals surface area contributed by atoms with Crippen molar-refractivity contribution in [2.45, 2.75) is 43.6 Å². The maximum absolute atomic E-state index is 14.0. The molecule has 1 N–H and O–H groups in total. The van der Waals surface area contributed by atoms with Crippen LogP contribution in [0.15, 0.2) is 18.2 Å². The van der Waals surface area contributed by atoms with Gasteiger partial charge < -0.3 is 5.11 Å². The zero-order valence-corrected chi connectivity index (χ0v) is 11.9. The first-order valence-electron chi connectivity index (χ1n) is 6.70. The number of carboxylic acid groups (broad SMARTS) is 1. The van der Waals surface area contributed by atoms with Crippen LogP contribution in [0.2, 0.25) is 0 Å². The highest BCUT2D eigenvalue weighted by Crippen LogP contribution is 2.34. The monoisotopic (exact) mass is 282 g/mol. The highest BCUT2D eigenvalue weighted by molar-refractivity contribution is 7.99. The van der Waals surface area contributed by atoms with E-state index in [1.165, 1.54) is 31.7 Å². The molecule has 0 saturated heterocycles. The van der Waals surface area contributed by atoms with E-state index in [0.29, 0.717) is 16.6 Å². The third-order valence-electron chi connectivity index (χ3n) is 3.67. The Balaban J connectivity index is 1.99. The third kappa shape index (κ3) is 3.72. The third-order valence-corrected chi connectivity index (χ3v) is 5.05. The molecule has 4 heteroatoms. The second-order valence-electron chi connectivity index (χ2n) is 5.29. The van der Waals surface area contributed by atoms with Crippen LogP contribution in [-0.4, -0.2) is 16.3 Å². The summed E-state index contributed by atoms with van der Waals surface area (Å²) in [6.07, 6.45) is 4.91. The first kappa shape index (κ1) is 14.4. The minimum absolute atomic E-state index is 0.227. The molecule has 2 unspecified atom stereocenters. The van der Waals surface area contributed by atoms with Gasteiger partial charge in [-0.2, -0.15) is 11.8 Å². The van der Waals surface area contributed by atoms with E-state index in [4.69, 9.17) is 5.11 Å². The van der Waals surface area contributed by atoms with Gasteiger partial charge in [-0.3, -0.25) is 0 Å². The van der Waals surface area contributed by atoms with Crippen LogP contribution in [0.3, 0.4) is 0 Å². The van der Waals surface area contributed by atoms with Gasteiger partial charge in [0, 0.05) is 11.0 Å². The maximum Gasteiger partial charge on any atom is 0.338 e. The Morgan fingerprint density at radius 2 is 2.26 bits per heavy atom. The number of aromatic carboxylic acids is 1. The van der Waals surface area contributed by atoms with Crippen LogP contribution in [0.5, 0.6) is 0 Å². The fourth-order valence-corrected chi connectivity index (χ4v) is 4.03. The highest BCUT2D eigenvalue weighted by atomic mass is 32.2. The average molecular weight is 282 g/mol. The fourth-order valence-electron chi connectivity index (χ4n) is 2.59. The van der Waals surface area contributed by atoms with E-state index < -0.39 is 11.8 Å². The van der Waals surface area contributed by atoms with Crippen molar-refractivity contribution in [1.82, 2.24) is 0 Å². The van der Waals surface area contributed by atoms with Gasteiger partial charge in [0.1, 0.15) is 5.82 Å². The van der Waals surface area contributed by atoms with Gasteiger partial charge in [0.2, 0.25) is 0 Å². The number of benzene rings is 1. The van der Waals surface area contributed by atoms with Gasteiger partial charge >= 0.3 is 5.97 Å². The summed E-state index contributed by atoms with van der Waals surface area (Å²) < 4.78 is 14.0. The first-order chi connectivity index (χ1) is 9.08. The van der Waals surface area contributed by atoms with Gasteiger partial charge in [0.15, 0.2) is 0 Å². The standard InChI is InChI=1S/C15H19FO2S/c1-10-4-2-6-12(8-10)19-9-11-5-3-7-13(14(11)16)15(17)18/h3,5,7,10,12H,2,4,6,8-9H2,1H3,(H,17,18). The van der Waals surface area contributed by atoms with Crippen LogP contribution in [0.4, 0.5) is 4.39 Å². The van der Waals surface area contributed by atoms with E-state index in [0.717, 1.165) is 5.92 Å².